The Hall–Kier alpha value is -3.58. The van der Waals surface area contributed by atoms with Crippen molar-refractivity contribution in [2.24, 2.45) is 0 Å². The molecule has 0 saturated heterocycles. The number of halogens is 1. The topological polar surface area (TPSA) is 85.2 Å². The van der Waals surface area contributed by atoms with Gasteiger partial charge in [0.1, 0.15) is 34.9 Å². The van der Waals surface area contributed by atoms with Gasteiger partial charge in [-0.1, -0.05) is 18.2 Å². The van der Waals surface area contributed by atoms with Gasteiger partial charge in [0, 0.05) is 28.7 Å². The van der Waals surface area contributed by atoms with Crippen LogP contribution in [0.1, 0.15) is 73.8 Å². The van der Waals surface area contributed by atoms with E-state index in [-0.39, 0.29) is 18.2 Å². The van der Waals surface area contributed by atoms with Crippen LogP contribution in [0.25, 0.3) is 0 Å². The van der Waals surface area contributed by atoms with Crippen LogP contribution in [0.3, 0.4) is 0 Å². The lowest BCUT2D eigenvalue weighted by molar-refractivity contribution is -0.137. The smallest absolute Gasteiger partial charge is 0.304 e. The average molecular weight is 521 g/mol. The first kappa shape index (κ1) is 26.0. The summed E-state index contributed by atoms with van der Waals surface area (Å²) in [7, 11) is 0. The molecule has 1 aliphatic carbocycles. The van der Waals surface area contributed by atoms with E-state index in [1.165, 1.54) is 11.6 Å². The van der Waals surface area contributed by atoms with Gasteiger partial charge in [-0.15, -0.1) is 0 Å². The number of aliphatic hydroxyl groups is 1. The van der Waals surface area contributed by atoms with Crippen molar-refractivity contribution in [2.75, 3.05) is 6.61 Å². The number of rotatable bonds is 10. The monoisotopic (exact) mass is 520 g/mol. The quantitative estimate of drug-likeness (QED) is 0.308. The van der Waals surface area contributed by atoms with Crippen molar-refractivity contribution in [3.05, 3.63) is 82.7 Å². The molecule has 2 aliphatic rings. The SMILES string of the molecule is CC(C)(O)CCCc1ccc(Oc2ccc(F)c3c2CC[C@H]3Oc2ccc3c(c2)OC[C@H]3CC(=O)O)cc1. The van der Waals surface area contributed by atoms with Gasteiger partial charge in [-0.25, -0.2) is 4.39 Å². The van der Waals surface area contributed by atoms with Crippen LogP contribution < -0.4 is 14.2 Å². The van der Waals surface area contributed by atoms with Crippen molar-refractivity contribution in [1.29, 1.82) is 0 Å². The summed E-state index contributed by atoms with van der Waals surface area (Å²) in [6.07, 6.45) is 3.32. The Morgan fingerprint density at radius 2 is 1.87 bits per heavy atom. The molecule has 0 spiro atoms. The normalized spacial score (nSPS) is 18.0. The Bertz CT molecular complexity index is 1310. The summed E-state index contributed by atoms with van der Waals surface area (Å²) in [4.78, 5) is 11.1. The van der Waals surface area contributed by atoms with E-state index in [2.05, 4.69) is 0 Å². The van der Waals surface area contributed by atoms with Crippen molar-refractivity contribution < 1.29 is 33.6 Å². The van der Waals surface area contributed by atoms with E-state index in [0.717, 1.165) is 30.4 Å². The van der Waals surface area contributed by atoms with Crippen LogP contribution in [0.15, 0.2) is 54.6 Å². The molecule has 1 aliphatic heterocycles. The summed E-state index contributed by atoms with van der Waals surface area (Å²) in [5.41, 5.74) is 2.69. The van der Waals surface area contributed by atoms with E-state index >= 15 is 0 Å². The van der Waals surface area contributed by atoms with E-state index in [1.54, 1.807) is 18.2 Å². The van der Waals surface area contributed by atoms with Crippen LogP contribution in [0.2, 0.25) is 0 Å². The number of benzene rings is 3. The van der Waals surface area contributed by atoms with Crippen molar-refractivity contribution in [3.63, 3.8) is 0 Å². The zero-order valence-corrected chi connectivity index (χ0v) is 21.7. The lowest BCUT2D eigenvalue weighted by Crippen LogP contribution is -2.18. The van der Waals surface area contributed by atoms with Gasteiger partial charge in [-0.2, -0.15) is 0 Å². The second kappa shape index (κ2) is 10.7. The molecule has 0 unspecified atom stereocenters. The van der Waals surface area contributed by atoms with Crippen LogP contribution in [0.4, 0.5) is 4.39 Å². The highest BCUT2D eigenvalue weighted by molar-refractivity contribution is 5.68. The lowest BCUT2D eigenvalue weighted by Gasteiger charge is -2.17. The molecule has 0 aromatic heterocycles. The van der Waals surface area contributed by atoms with E-state index in [0.29, 0.717) is 48.0 Å². The molecule has 1 heterocycles. The van der Waals surface area contributed by atoms with Crippen molar-refractivity contribution in [3.8, 4) is 23.0 Å². The highest BCUT2D eigenvalue weighted by Crippen LogP contribution is 2.44. The van der Waals surface area contributed by atoms with E-state index in [4.69, 9.17) is 19.3 Å². The number of carbonyl (C=O) groups is 1. The molecular weight excluding hydrogens is 487 g/mol. The molecule has 6 nitrogen and oxygen atoms in total. The Balaban J connectivity index is 1.27. The number of hydrogen-bond acceptors (Lipinski definition) is 5. The third kappa shape index (κ3) is 5.94. The number of fused-ring (bicyclic) bond motifs is 2. The molecule has 0 amide bonds. The maximum Gasteiger partial charge on any atom is 0.304 e. The summed E-state index contributed by atoms with van der Waals surface area (Å²) < 4.78 is 33.0. The summed E-state index contributed by atoms with van der Waals surface area (Å²) in [6, 6.07) is 16.4. The molecule has 200 valence electrons. The van der Waals surface area contributed by atoms with Crippen molar-refractivity contribution in [1.82, 2.24) is 0 Å². The Kier molecular flexibility index (Phi) is 7.30. The summed E-state index contributed by atoms with van der Waals surface area (Å²) >= 11 is 0. The number of aryl methyl sites for hydroxylation is 1. The molecule has 7 heteroatoms. The number of carboxylic acids is 1. The fourth-order valence-electron chi connectivity index (χ4n) is 5.31. The molecule has 0 fully saturated rings. The van der Waals surface area contributed by atoms with Gasteiger partial charge in [-0.3, -0.25) is 4.79 Å². The molecule has 0 saturated carbocycles. The van der Waals surface area contributed by atoms with Crippen LogP contribution in [0.5, 0.6) is 23.0 Å². The standard InChI is InChI=1S/C31H33FO6/c1-31(2,35)15-3-4-19-5-7-21(8-6-19)37-26-14-12-25(32)30-24(26)11-13-27(30)38-22-9-10-23-20(16-29(33)34)18-36-28(23)17-22/h5-10,12,14,17,20,27,35H,3-4,11,13,15-16,18H2,1-2H3,(H,33,34)/t20-,27-/m1/s1. The second-order valence-electron chi connectivity index (χ2n) is 10.8. The first-order valence-corrected chi connectivity index (χ1v) is 13.1. The van der Waals surface area contributed by atoms with Crippen LogP contribution in [-0.2, 0) is 17.6 Å². The number of carboxylic acid groups (broad SMARTS) is 1. The predicted octanol–water partition coefficient (Wildman–Crippen LogP) is 6.73. The molecule has 0 bridgehead atoms. The minimum atomic E-state index is -0.860. The lowest BCUT2D eigenvalue weighted by atomic mass is 9.98. The zero-order chi connectivity index (χ0) is 26.9. The van der Waals surface area contributed by atoms with Crippen LogP contribution in [0, 0.1) is 5.82 Å². The third-order valence-electron chi connectivity index (χ3n) is 7.21. The molecule has 2 atom stereocenters. The van der Waals surface area contributed by atoms with Crippen LogP contribution in [-0.4, -0.2) is 28.4 Å². The highest BCUT2D eigenvalue weighted by atomic mass is 19.1. The number of hydrogen-bond donors (Lipinski definition) is 2. The molecule has 5 rings (SSSR count). The van der Waals surface area contributed by atoms with Crippen molar-refractivity contribution >= 4 is 5.97 Å². The Labute approximate surface area is 222 Å². The average Bonchev–Trinajstić information content (AvgIpc) is 3.46. The van der Waals surface area contributed by atoms with Gasteiger partial charge in [0.25, 0.3) is 0 Å². The zero-order valence-electron chi connectivity index (χ0n) is 21.7. The summed E-state index contributed by atoms with van der Waals surface area (Å²) in [5, 5.41) is 19.0. The number of ether oxygens (including phenoxy) is 3. The maximum atomic E-state index is 15.0. The largest absolute Gasteiger partial charge is 0.492 e. The van der Waals surface area contributed by atoms with Gasteiger partial charge in [0.05, 0.1) is 18.6 Å². The van der Waals surface area contributed by atoms with Gasteiger partial charge >= 0.3 is 5.97 Å². The summed E-state index contributed by atoms with van der Waals surface area (Å²) in [5.74, 6) is 1.12. The summed E-state index contributed by atoms with van der Waals surface area (Å²) in [6.45, 7) is 3.97. The third-order valence-corrected chi connectivity index (χ3v) is 7.21. The molecule has 2 N–H and O–H groups in total. The molecule has 0 radical (unpaired) electrons. The second-order valence-corrected chi connectivity index (χ2v) is 10.8. The van der Waals surface area contributed by atoms with Crippen molar-refractivity contribution in [2.45, 2.75) is 70.0 Å². The minimum absolute atomic E-state index is 0.0159. The fraction of sp³-hybridized carbons (Fsp3) is 0.387. The van der Waals surface area contributed by atoms with Gasteiger partial charge in [-0.05, 0) is 81.8 Å². The maximum absolute atomic E-state index is 15.0. The molecule has 3 aromatic rings. The molecular formula is C31H33FO6. The Morgan fingerprint density at radius 3 is 2.61 bits per heavy atom. The van der Waals surface area contributed by atoms with Gasteiger partial charge < -0.3 is 24.4 Å². The Morgan fingerprint density at radius 1 is 1.11 bits per heavy atom. The minimum Gasteiger partial charge on any atom is -0.492 e. The van der Waals surface area contributed by atoms with E-state index in [1.807, 2.05) is 44.2 Å². The highest BCUT2D eigenvalue weighted by Gasteiger charge is 2.32. The fourth-order valence-corrected chi connectivity index (χ4v) is 5.31. The predicted molar refractivity (Wildman–Crippen MR) is 141 cm³/mol. The van der Waals surface area contributed by atoms with Gasteiger partial charge in [0.2, 0.25) is 0 Å². The number of aliphatic carboxylic acids is 1. The van der Waals surface area contributed by atoms with E-state index < -0.39 is 17.7 Å². The molecule has 38 heavy (non-hydrogen) atoms. The van der Waals surface area contributed by atoms with Crippen LogP contribution >= 0.6 is 0 Å². The van der Waals surface area contributed by atoms with E-state index in [9.17, 15) is 14.3 Å². The first-order chi connectivity index (χ1) is 18.2. The van der Waals surface area contributed by atoms with Gasteiger partial charge in [0.15, 0.2) is 0 Å². The molecule has 3 aromatic carbocycles. The first-order valence-electron chi connectivity index (χ1n) is 13.1.